The van der Waals surface area contributed by atoms with Crippen molar-refractivity contribution in [2.75, 3.05) is 0 Å². The molecule has 0 saturated heterocycles. The van der Waals surface area contributed by atoms with Gasteiger partial charge in [0.25, 0.3) is 0 Å². The van der Waals surface area contributed by atoms with Gasteiger partial charge in [0.05, 0.1) is 16.1 Å². The molecule has 4 rings (SSSR count). The van der Waals surface area contributed by atoms with Gasteiger partial charge in [-0.15, -0.1) is 0 Å². The first kappa shape index (κ1) is 15.0. The Hall–Kier alpha value is -2.58. The molecule has 0 unspecified atom stereocenters. The molecule has 3 aromatic carbocycles. The first-order chi connectivity index (χ1) is 11.7. The van der Waals surface area contributed by atoms with Gasteiger partial charge in [-0.25, -0.2) is 4.98 Å². The summed E-state index contributed by atoms with van der Waals surface area (Å²) in [5.41, 5.74) is 5.58. The molecule has 0 aliphatic rings. The van der Waals surface area contributed by atoms with Gasteiger partial charge in [-0.3, -0.25) is 0 Å². The second-order valence-corrected chi connectivity index (χ2v) is 6.39. The van der Waals surface area contributed by atoms with Crippen LogP contribution in [0.5, 0.6) is 0 Å². The highest BCUT2D eigenvalue weighted by Crippen LogP contribution is 2.30. The van der Waals surface area contributed by atoms with Crippen molar-refractivity contribution in [3.05, 3.63) is 88.9 Å². The smallest absolute Gasteiger partial charge is 0.142 e. The molecule has 0 amide bonds. The van der Waals surface area contributed by atoms with Crippen molar-refractivity contribution in [2.45, 2.75) is 13.5 Å². The van der Waals surface area contributed by atoms with E-state index in [1.54, 1.807) is 0 Å². The van der Waals surface area contributed by atoms with Gasteiger partial charge in [0.1, 0.15) is 5.82 Å². The monoisotopic (exact) mass is 332 g/mol. The lowest BCUT2D eigenvalue weighted by atomic mass is 10.1. The summed E-state index contributed by atoms with van der Waals surface area (Å²) in [5.74, 6) is 0.906. The summed E-state index contributed by atoms with van der Waals surface area (Å²) >= 11 is 6.43. The molecule has 0 saturated carbocycles. The molecule has 0 bridgehead atoms. The zero-order chi connectivity index (χ0) is 16.5. The average Bonchev–Trinajstić information content (AvgIpc) is 2.94. The lowest BCUT2D eigenvalue weighted by Gasteiger charge is -2.11. The van der Waals surface area contributed by atoms with Crippen LogP contribution in [0.25, 0.3) is 22.4 Å². The van der Waals surface area contributed by atoms with Gasteiger partial charge in [-0.1, -0.05) is 65.7 Å². The van der Waals surface area contributed by atoms with E-state index in [2.05, 4.69) is 41.8 Å². The van der Waals surface area contributed by atoms with Crippen LogP contribution >= 0.6 is 11.6 Å². The molecule has 0 radical (unpaired) electrons. The fourth-order valence-electron chi connectivity index (χ4n) is 3.08. The van der Waals surface area contributed by atoms with Crippen molar-refractivity contribution < 1.29 is 0 Å². The molecule has 0 aliphatic carbocycles. The molecule has 0 N–H and O–H groups in total. The summed E-state index contributed by atoms with van der Waals surface area (Å²) in [5, 5.41) is 0.721. The summed E-state index contributed by atoms with van der Waals surface area (Å²) < 4.78 is 2.24. The van der Waals surface area contributed by atoms with Gasteiger partial charge in [-0.2, -0.15) is 0 Å². The maximum atomic E-state index is 6.43. The Balaban J connectivity index is 1.92. The fraction of sp³-hybridized carbons (Fsp3) is 0.0952. The van der Waals surface area contributed by atoms with Crippen molar-refractivity contribution in [1.29, 1.82) is 0 Å². The molecule has 2 nitrogen and oxygen atoms in total. The number of hydrogen-bond acceptors (Lipinski definition) is 1. The van der Waals surface area contributed by atoms with Crippen LogP contribution in [0.15, 0.2) is 72.8 Å². The molecule has 3 heteroatoms. The van der Waals surface area contributed by atoms with E-state index in [-0.39, 0.29) is 0 Å². The minimum absolute atomic E-state index is 0.721. The standard InChI is InChI=1S/C21H17ClN2/c1-15-7-6-8-16(13-15)14-24-20-12-5-4-11-19(20)23-21(24)17-9-2-3-10-18(17)22/h2-13H,14H2,1H3. The Morgan fingerprint density at radius 1 is 0.917 bits per heavy atom. The van der Waals surface area contributed by atoms with Crippen molar-refractivity contribution >= 4 is 22.6 Å². The molecular formula is C21H17ClN2. The van der Waals surface area contributed by atoms with Crippen LogP contribution in [-0.4, -0.2) is 9.55 Å². The number of rotatable bonds is 3. The van der Waals surface area contributed by atoms with E-state index in [4.69, 9.17) is 16.6 Å². The summed E-state index contributed by atoms with van der Waals surface area (Å²) in [4.78, 5) is 4.84. The minimum Gasteiger partial charge on any atom is -0.319 e. The third kappa shape index (κ3) is 2.70. The van der Waals surface area contributed by atoms with Crippen LogP contribution in [0.3, 0.4) is 0 Å². The Labute approximate surface area is 146 Å². The summed E-state index contributed by atoms with van der Waals surface area (Å²) in [6.45, 7) is 2.88. The minimum atomic E-state index is 0.721. The number of fused-ring (bicyclic) bond motifs is 1. The predicted octanol–water partition coefficient (Wildman–Crippen LogP) is 5.71. The fourth-order valence-corrected chi connectivity index (χ4v) is 3.30. The van der Waals surface area contributed by atoms with E-state index in [9.17, 15) is 0 Å². The van der Waals surface area contributed by atoms with Crippen molar-refractivity contribution in [3.63, 3.8) is 0 Å². The highest BCUT2D eigenvalue weighted by Gasteiger charge is 2.14. The zero-order valence-electron chi connectivity index (χ0n) is 13.4. The van der Waals surface area contributed by atoms with Crippen LogP contribution in [0.4, 0.5) is 0 Å². The molecule has 1 aromatic heterocycles. The highest BCUT2D eigenvalue weighted by atomic mass is 35.5. The molecule has 24 heavy (non-hydrogen) atoms. The predicted molar refractivity (Wildman–Crippen MR) is 100 cm³/mol. The second kappa shape index (κ2) is 6.14. The van der Waals surface area contributed by atoms with E-state index in [1.807, 2.05) is 42.5 Å². The van der Waals surface area contributed by atoms with E-state index in [0.29, 0.717) is 0 Å². The number of imidazole rings is 1. The highest BCUT2D eigenvalue weighted by molar-refractivity contribution is 6.33. The third-order valence-corrected chi connectivity index (χ3v) is 4.52. The molecular weight excluding hydrogens is 316 g/mol. The topological polar surface area (TPSA) is 17.8 Å². The van der Waals surface area contributed by atoms with E-state index >= 15 is 0 Å². The first-order valence-electron chi connectivity index (χ1n) is 7.98. The van der Waals surface area contributed by atoms with E-state index < -0.39 is 0 Å². The van der Waals surface area contributed by atoms with E-state index in [1.165, 1.54) is 11.1 Å². The maximum absolute atomic E-state index is 6.43. The molecule has 0 aliphatic heterocycles. The Bertz CT molecular complexity index is 1020. The lowest BCUT2D eigenvalue weighted by molar-refractivity contribution is 0.833. The molecule has 0 atom stereocenters. The Morgan fingerprint density at radius 3 is 2.54 bits per heavy atom. The third-order valence-electron chi connectivity index (χ3n) is 4.19. The number of nitrogens with zero attached hydrogens (tertiary/aromatic N) is 2. The van der Waals surface area contributed by atoms with Crippen molar-refractivity contribution in [3.8, 4) is 11.4 Å². The molecule has 0 fully saturated rings. The first-order valence-corrected chi connectivity index (χ1v) is 8.36. The summed E-state index contributed by atoms with van der Waals surface area (Å²) in [7, 11) is 0. The van der Waals surface area contributed by atoms with Gasteiger partial charge in [0.15, 0.2) is 0 Å². The Kier molecular flexibility index (Phi) is 3.83. The quantitative estimate of drug-likeness (QED) is 0.469. The average molecular weight is 333 g/mol. The molecule has 118 valence electrons. The number of benzene rings is 3. The Morgan fingerprint density at radius 2 is 1.71 bits per heavy atom. The zero-order valence-corrected chi connectivity index (χ0v) is 14.2. The van der Waals surface area contributed by atoms with Gasteiger partial charge >= 0.3 is 0 Å². The summed E-state index contributed by atoms with van der Waals surface area (Å²) in [6, 6.07) is 24.7. The number of halogens is 1. The van der Waals surface area contributed by atoms with Crippen LogP contribution in [0.2, 0.25) is 5.02 Å². The number of aryl methyl sites for hydroxylation is 1. The van der Waals surface area contributed by atoms with Crippen LogP contribution in [0.1, 0.15) is 11.1 Å². The second-order valence-electron chi connectivity index (χ2n) is 5.98. The van der Waals surface area contributed by atoms with Gasteiger partial charge in [0.2, 0.25) is 0 Å². The lowest BCUT2D eigenvalue weighted by Crippen LogP contribution is -2.02. The van der Waals surface area contributed by atoms with Gasteiger partial charge in [0, 0.05) is 12.1 Å². The van der Waals surface area contributed by atoms with Crippen LogP contribution in [-0.2, 0) is 6.54 Å². The van der Waals surface area contributed by atoms with Crippen LogP contribution in [0, 0.1) is 6.92 Å². The van der Waals surface area contributed by atoms with Crippen LogP contribution < -0.4 is 0 Å². The van der Waals surface area contributed by atoms with Crippen molar-refractivity contribution in [1.82, 2.24) is 9.55 Å². The van der Waals surface area contributed by atoms with Crippen molar-refractivity contribution in [2.24, 2.45) is 0 Å². The SMILES string of the molecule is Cc1cccc(Cn2c(-c3ccccc3Cl)nc3ccccc32)c1. The normalized spacial score (nSPS) is 11.1. The molecule has 1 heterocycles. The number of aromatic nitrogens is 2. The number of para-hydroxylation sites is 2. The number of hydrogen-bond donors (Lipinski definition) is 0. The molecule has 0 spiro atoms. The largest absolute Gasteiger partial charge is 0.319 e. The summed E-state index contributed by atoms with van der Waals surface area (Å²) in [6.07, 6.45) is 0. The van der Waals surface area contributed by atoms with E-state index in [0.717, 1.165) is 34.0 Å². The molecule has 4 aromatic rings. The maximum Gasteiger partial charge on any atom is 0.142 e. The van der Waals surface area contributed by atoms with Gasteiger partial charge in [-0.05, 0) is 36.8 Å². The van der Waals surface area contributed by atoms with Gasteiger partial charge < -0.3 is 4.57 Å².